The van der Waals surface area contributed by atoms with E-state index in [9.17, 15) is 9.59 Å². The van der Waals surface area contributed by atoms with Crippen molar-refractivity contribution < 1.29 is 18.8 Å². The highest BCUT2D eigenvalue weighted by atomic mass is 16.5. The number of aryl methyl sites for hydroxylation is 2. The lowest BCUT2D eigenvalue weighted by atomic mass is 10.2. The van der Waals surface area contributed by atoms with Crippen LogP contribution in [-0.2, 0) is 24.3 Å². The van der Waals surface area contributed by atoms with E-state index in [4.69, 9.17) is 14.0 Å². The zero-order valence-electron chi connectivity index (χ0n) is 16.9. The molecule has 0 saturated heterocycles. The van der Waals surface area contributed by atoms with Crippen molar-refractivity contribution in [2.75, 3.05) is 13.7 Å². The van der Waals surface area contributed by atoms with Crippen molar-refractivity contribution >= 4 is 17.0 Å². The Bertz CT molecular complexity index is 1090. The van der Waals surface area contributed by atoms with Crippen LogP contribution in [0.25, 0.3) is 11.1 Å². The lowest BCUT2D eigenvalue weighted by Crippen LogP contribution is -2.34. The van der Waals surface area contributed by atoms with Gasteiger partial charge in [0.05, 0.1) is 19.4 Å². The molecule has 0 bridgehead atoms. The summed E-state index contributed by atoms with van der Waals surface area (Å²) in [6, 6.07) is 5.46. The molecule has 2 aromatic heterocycles. The molecule has 3 aromatic rings. The van der Waals surface area contributed by atoms with E-state index >= 15 is 0 Å². The summed E-state index contributed by atoms with van der Waals surface area (Å²) in [6.45, 7) is 6.08. The fourth-order valence-corrected chi connectivity index (χ4v) is 3.04. The number of fused-ring (bicyclic) bond motifs is 1. The molecule has 0 aliphatic carbocycles. The second kappa shape index (κ2) is 8.76. The maximum absolute atomic E-state index is 12.8. The van der Waals surface area contributed by atoms with Crippen LogP contribution in [0.1, 0.15) is 30.9 Å². The minimum absolute atomic E-state index is 0.135. The second-order valence-corrected chi connectivity index (χ2v) is 6.42. The van der Waals surface area contributed by atoms with Crippen molar-refractivity contribution in [2.45, 2.75) is 40.3 Å². The zero-order valence-corrected chi connectivity index (χ0v) is 16.9. The number of carbonyl (C=O) groups excluding carboxylic acids is 1. The Morgan fingerprint density at radius 2 is 2.07 bits per heavy atom. The van der Waals surface area contributed by atoms with Gasteiger partial charge >= 0.3 is 0 Å². The molecule has 9 nitrogen and oxygen atoms in total. The highest BCUT2D eigenvalue weighted by molar-refractivity contribution is 5.77. The highest BCUT2D eigenvalue weighted by Crippen LogP contribution is 2.28. The summed E-state index contributed by atoms with van der Waals surface area (Å²) in [5.74, 6) is 1.41. The minimum Gasteiger partial charge on any atom is -0.493 e. The van der Waals surface area contributed by atoms with Gasteiger partial charge in [-0.25, -0.2) is 0 Å². The molecule has 1 amide bonds. The van der Waals surface area contributed by atoms with Gasteiger partial charge in [-0.2, -0.15) is 4.98 Å². The van der Waals surface area contributed by atoms with Crippen LogP contribution in [0.4, 0.5) is 0 Å². The van der Waals surface area contributed by atoms with Gasteiger partial charge in [-0.05, 0) is 31.5 Å². The molecular formula is C20H24N4O5. The Kier molecular flexibility index (Phi) is 6.16. The number of hydrogen-bond donors (Lipinski definition) is 1. The van der Waals surface area contributed by atoms with Gasteiger partial charge in [0, 0.05) is 13.0 Å². The van der Waals surface area contributed by atoms with Gasteiger partial charge in [0.2, 0.25) is 5.91 Å². The monoisotopic (exact) mass is 400 g/mol. The Morgan fingerprint density at radius 3 is 2.76 bits per heavy atom. The molecule has 0 radical (unpaired) electrons. The van der Waals surface area contributed by atoms with Crippen LogP contribution in [-0.4, -0.2) is 34.3 Å². The number of ether oxygens (including phenoxy) is 2. The molecular weight excluding hydrogens is 376 g/mol. The Hall–Kier alpha value is -3.36. The minimum atomic E-state index is -0.330. The number of methoxy groups -OCH3 is 1. The summed E-state index contributed by atoms with van der Waals surface area (Å²) in [5, 5.41) is 6.92. The summed E-state index contributed by atoms with van der Waals surface area (Å²) in [6.07, 6.45) is 0.481. The number of amides is 1. The third-order valence-corrected chi connectivity index (χ3v) is 4.48. The standard InChI is InChI=1S/C20H24N4O5/c1-5-16-22-19-18(12(3)23-29-19)20(26)24(16)11-17(25)21-10-13-7-8-14(27-4)15(9-13)28-6-2/h7-9H,5-6,10-11H2,1-4H3,(H,21,25). The topological polar surface area (TPSA) is 108 Å². The van der Waals surface area contributed by atoms with Gasteiger partial charge in [-0.3, -0.25) is 14.2 Å². The van der Waals surface area contributed by atoms with Crippen LogP contribution in [0.15, 0.2) is 27.5 Å². The van der Waals surface area contributed by atoms with E-state index < -0.39 is 0 Å². The Labute approximate surface area is 167 Å². The lowest BCUT2D eigenvalue weighted by molar-refractivity contribution is -0.121. The number of aromatic nitrogens is 3. The molecule has 3 rings (SSSR count). The van der Waals surface area contributed by atoms with Gasteiger partial charge in [-0.15, -0.1) is 0 Å². The summed E-state index contributed by atoms with van der Waals surface area (Å²) >= 11 is 0. The SMILES string of the molecule is CCOc1cc(CNC(=O)Cn2c(CC)nc3onc(C)c3c2=O)ccc1OC. The van der Waals surface area contributed by atoms with Crippen LogP contribution >= 0.6 is 0 Å². The van der Waals surface area contributed by atoms with E-state index in [1.54, 1.807) is 20.1 Å². The Morgan fingerprint density at radius 1 is 1.28 bits per heavy atom. The van der Waals surface area contributed by atoms with Crippen molar-refractivity contribution in [3.63, 3.8) is 0 Å². The largest absolute Gasteiger partial charge is 0.493 e. The van der Waals surface area contributed by atoms with Crippen LogP contribution in [0.2, 0.25) is 0 Å². The van der Waals surface area contributed by atoms with Crippen LogP contribution in [0.3, 0.4) is 0 Å². The first-order valence-electron chi connectivity index (χ1n) is 9.40. The smallest absolute Gasteiger partial charge is 0.267 e. The normalized spacial score (nSPS) is 10.9. The number of rotatable bonds is 8. The average molecular weight is 400 g/mol. The van der Waals surface area contributed by atoms with Gasteiger partial charge in [0.25, 0.3) is 11.3 Å². The first-order chi connectivity index (χ1) is 14.0. The summed E-state index contributed by atoms with van der Waals surface area (Å²) in [5.41, 5.74) is 1.18. The van der Waals surface area contributed by atoms with Gasteiger partial charge in [0.1, 0.15) is 17.8 Å². The van der Waals surface area contributed by atoms with E-state index in [1.807, 2.05) is 26.0 Å². The second-order valence-electron chi connectivity index (χ2n) is 6.42. The quantitative estimate of drug-likeness (QED) is 0.616. The van der Waals surface area contributed by atoms with Crippen molar-refractivity contribution in [2.24, 2.45) is 0 Å². The predicted molar refractivity (Wildman–Crippen MR) is 106 cm³/mol. The maximum Gasteiger partial charge on any atom is 0.267 e. The van der Waals surface area contributed by atoms with Crippen LogP contribution in [0.5, 0.6) is 11.5 Å². The molecule has 0 unspecified atom stereocenters. The fourth-order valence-electron chi connectivity index (χ4n) is 3.04. The molecule has 0 atom stereocenters. The molecule has 0 saturated carbocycles. The molecule has 29 heavy (non-hydrogen) atoms. The van der Waals surface area contributed by atoms with E-state index in [0.717, 1.165) is 5.56 Å². The van der Waals surface area contributed by atoms with Gasteiger partial charge in [0.15, 0.2) is 11.5 Å². The summed E-state index contributed by atoms with van der Waals surface area (Å²) in [7, 11) is 1.57. The van der Waals surface area contributed by atoms with Crippen molar-refractivity contribution in [1.29, 1.82) is 0 Å². The number of carbonyl (C=O) groups is 1. The molecule has 154 valence electrons. The van der Waals surface area contributed by atoms with E-state index in [0.29, 0.717) is 48.0 Å². The fraction of sp³-hybridized carbons (Fsp3) is 0.400. The maximum atomic E-state index is 12.8. The zero-order chi connectivity index (χ0) is 21.0. The third kappa shape index (κ3) is 4.23. The first kappa shape index (κ1) is 20.4. The first-order valence-corrected chi connectivity index (χ1v) is 9.40. The molecule has 2 heterocycles. The number of hydrogen-bond acceptors (Lipinski definition) is 7. The molecule has 0 aliphatic heterocycles. The van der Waals surface area contributed by atoms with Gasteiger partial charge in [-0.1, -0.05) is 18.1 Å². The molecule has 1 aromatic carbocycles. The van der Waals surface area contributed by atoms with Crippen molar-refractivity contribution in [3.8, 4) is 11.5 Å². The van der Waals surface area contributed by atoms with Crippen molar-refractivity contribution in [1.82, 2.24) is 20.0 Å². The molecule has 0 fully saturated rings. The molecule has 9 heteroatoms. The van der Waals surface area contributed by atoms with Crippen LogP contribution < -0.4 is 20.3 Å². The number of nitrogens with zero attached hydrogens (tertiary/aromatic N) is 3. The number of benzene rings is 1. The highest BCUT2D eigenvalue weighted by Gasteiger charge is 2.18. The lowest BCUT2D eigenvalue weighted by Gasteiger charge is -2.13. The number of nitrogens with one attached hydrogen (secondary N) is 1. The predicted octanol–water partition coefficient (Wildman–Crippen LogP) is 1.98. The average Bonchev–Trinajstić information content (AvgIpc) is 3.09. The van der Waals surface area contributed by atoms with Crippen LogP contribution in [0, 0.1) is 6.92 Å². The third-order valence-electron chi connectivity index (χ3n) is 4.48. The molecule has 1 N–H and O–H groups in total. The van der Waals surface area contributed by atoms with E-state index in [2.05, 4.69) is 15.5 Å². The molecule has 0 aliphatic rings. The summed E-state index contributed by atoms with van der Waals surface area (Å²) in [4.78, 5) is 29.6. The molecule has 0 spiro atoms. The van der Waals surface area contributed by atoms with Crippen molar-refractivity contribution in [3.05, 3.63) is 45.6 Å². The van der Waals surface area contributed by atoms with E-state index in [-0.39, 0.29) is 23.7 Å². The Balaban J connectivity index is 1.76. The summed E-state index contributed by atoms with van der Waals surface area (Å²) < 4.78 is 17.3. The van der Waals surface area contributed by atoms with Gasteiger partial charge < -0.3 is 19.3 Å². The van der Waals surface area contributed by atoms with E-state index in [1.165, 1.54) is 4.57 Å².